The van der Waals surface area contributed by atoms with Gasteiger partial charge in [0.15, 0.2) is 11.4 Å². The third-order valence-electron chi connectivity index (χ3n) is 10.4. The molecule has 0 atom stereocenters. The van der Waals surface area contributed by atoms with Crippen LogP contribution in [0.2, 0.25) is 0 Å². The number of nitrogens with two attached hydrogens (primary N) is 2. The number of hydrogen-bond donors (Lipinski definition) is 4. The smallest absolute Gasteiger partial charge is 0.338 e. The van der Waals surface area contributed by atoms with Gasteiger partial charge < -0.3 is 31.6 Å². The molecular weight excluding hydrogens is 801 g/mol. The van der Waals surface area contributed by atoms with Crippen molar-refractivity contribution in [2.75, 3.05) is 18.6 Å². The van der Waals surface area contributed by atoms with Gasteiger partial charge in [-0.2, -0.15) is 0 Å². The lowest BCUT2D eigenvalue weighted by Crippen LogP contribution is -2.25. The normalized spacial score (nSPS) is 13.3. The van der Waals surface area contributed by atoms with Gasteiger partial charge in [0.1, 0.15) is 35.6 Å². The topological polar surface area (TPSA) is 216 Å². The first-order valence-electron chi connectivity index (χ1n) is 20.6. The Labute approximate surface area is 364 Å². The van der Waals surface area contributed by atoms with Crippen LogP contribution in [0.4, 0.5) is 11.6 Å². The van der Waals surface area contributed by atoms with E-state index in [1.807, 2.05) is 26.0 Å². The monoisotopic (exact) mass is 850 g/mol. The van der Waals surface area contributed by atoms with E-state index in [4.69, 9.17) is 20.9 Å². The lowest BCUT2D eigenvalue weighted by Gasteiger charge is -2.19. The highest BCUT2D eigenvalue weighted by atomic mass is 16.6. The second kappa shape index (κ2) is 17.8. The number of imidazole rings is 2. The summed E-state index contributed by atoms with van der Waals surface area (Å²) in [5, 5.41) is 5.95. The number of rotatable bonds is 12. The summed E-state index contributed by atoms with van der Waals surface area (Å²) in [6.07, 6.45) is 7.02. The van der Waals surface area contributed by atoms with E-state index in [1.54, 1.807) is 104 Å². The number of anilines is 2. The van der Waals surface area contributed by atoms with Crippen LogP contribution in [0.15, 0.2) is 97.6 Å². The molecule has 6 aromatic rings. The average Bonchev–Trinajstić information content (AvgIpc) is 4.19. The molecule has 15 heteroatoms. The molecule has 0 saturated heterocycles. The van der Waals surface area contributed by atoms with Crippen LogP contribution in [-0.4, -0.2) is 73.2 Å². The number of carbonyl (C=O) groups is 5. The van der Waals surface area contributed by atoms with E-state index in [1.165, 1.54) is 18.7 Å². The number of amides is 2. The number of nitrogens with zero attached hydrogens (tertiary/aromatic N) is 4. The molecule has 2 fully saturated rings. The Hall–Kier alpha value is -7.55. The first-order chi connectivity index (χ1) is 30.0. The van der Waals surface area contributed by atoms with Crippen LogP contribution >= 0.6 is 0 Å². The Bertz CT molecular complexity index is 2740. The second-order valence-corrected chi connectivity index (χ2v) is 16.7. The van der Waals surface area contributed by atoms with Crippen molar-refractivity contribution in [1.82, 2.24) is 29.7 Å². The van der Waals surface area contributed by atoms with Crippen molar-refractivity contribution in [2.45, 2.75) is 78.0 Å². The van der Waals surface area contributed by atoms with E-state index < -0.39 is 17.4 Å². The second-order valence-electron chi connectivity index (χ2n) is 16.7. The van der Waals surface area contributed by atoms with Gasteiger partial charge in [0.25, 0.3) is 11.8 Å². The number of nitrogen functional groups attached to an aromatic ring is 2. The van der Waals surface area contributed by atoms with Crippen LogP contribution in [-0.2, 0) is 4.74 Å². The third kappa shape index (κ3) is 10.2. The lowest BCUT2D eigenvalue weighted by molar-refractivity contribution is 0.00691. The number of esters is 1. The third-order valence-corrected chi connectivity index (χ3v) is 10.4. The largest absolute Gasteiger partial charge is 0.497 e. The number of hydrogen-bond acceptors (Lipinski definition) is 11. The van der Waals surface area contributed by atoms with E-state index in [9.17, 15) is 24.0 Å². The fourth-order valence-electron chi connectivity index (χ4n) is 6.60. The maximum absolute atomic E-state index is 13.2. The molecule has 0 radical (unpaired) electrons. The standard InChI is InChI=1S/C26H28N4O4.C22H22N4O3/c1-15-8-9-17(24(32)29-19-10-11-19)13-20(15)30-14-28-21(23(30)27)22(31)16-6-5-7-18(12-16)25(33)34-26(2,3)4;1-13-3-4-15(22(28)25-16-7-8-16)11-18(13)26-12-24-19(21(26)23)20(27)14-5-9-17(29-2)10-6-14/h5-9,12-14,19H,10-11,27H2,1-4H3,(H,29,32);3-6,9-12,16H,7-8,23H2,1-2H3,(H,25,28). The number of methoxy groups -OCH3 is 1. The Kier molecular flexibility index (Phi) is 12.3. The number of aromatic nitrogens is 4. The van der Waals surface area contributed by atoms with Gasteiger partial charge in [-0.1, -0.05) is 24.3 Å². The number of aryl methyl sites for hydroxylation is 2. The molecule has 2 aliphatic rings. The SMILES string of the molecule is COc1ccc(C(=O)c2ncn(-c3cc(C(=O)NC4CC4)ccc3C)c2N)cc1.Cc1ccc(C(=O)NC2CC2)cc1-n1cnc(C(=O)c2cccc(C(=O)OC(C)(C)C)c2)c1N. The molecule has 6 N–H and O–H groups in total. The van der Waals surface area contributed by atoms with Crippen LogP contribution in [0.3, 0.4) is 0 Å². The summed E-state index contributed by atoms with van der Waals surface area (Å²) in [5.41, 5.74) is 17.4. The molecule has 324 valence electrons. The van der Waals surface area contributed by atoms with Crippen LogP contribution in [0.1, 0.15) is 121 Å². The highest BCUT2D eigenvalue weighted by Crippen LogP contribution is 2.27. The molecule has 63 heavy (non-hydrogen) atoms. The maximum Gasteiger partial charge on any atom is 0.338 e. The minimum atomic E-state index is -0.651. The van der Waals surface area contributed by atoms with E-state index in [2.05, 4.69) is 20.6 Å². The van der Waals surface area contributed by atoms with Gasteiger partial charge in [0, 0.05) is 34.3 Å². The number of ketones is 2. The van der Waals surface area contributed by atoms with Crippen molar-refractivity contribution in [3.8, 4) is 17.1 Å². The first kappa shape index (κ1) is 43.5. The summed E-state index contributed by atoms with van der Waals surface area (Å²) in [4.78, 5) is 71.8. The van der Waals surface area contributed by atoms with Gasteiger partial charge in [-0.05, 0) is 132 Å². The minimum absolute atomic E-state index is 0.0635. The fourth-order valence-corrected chi connectivity index (χ4v) is 6.60. The van der Waals surface area contributed by atoms with Gasteiger partial charge in [0.2, 0.25) is 11.6 Å². The Morgan fingerprint density at radius 1 is 0.619 bits per heavy atom. The van der Waals surface area contributed by atoms with Crippen molar-refractivity contribution in [2.24, 2.45) is 0 Å². The van der Waals surface area contributed by atoms with Crippen molar-refractivity contribution >= 4 is 41.0 Å². The number of carbonyl (C=O) groups excluding carboxylic acids is 5. The number of nitrogens with one attached hydrogen (secondary N) is 2. The molecule has 8 rings (SSSR count). The zero-order chi connectivity index (χ0) is 45.2. The average molecular weight is 851 g/mol. The summed E-state index contributed by atoms with van der Waals surface area (Å²) in [6.45, 7) is 9.14. The minimum Gasteiger partial charge on any atom is -0.497 e. The summed E-state index contributed by atoms with van der Waals surface area (Å²) in [5.74, 6) is -0.412. The molecule has 2 saturated carbocycles. The van der Waals surface area contributed by atoms with Crippen molar-refractivity contribution in [3.63, 3.8) is 0 Å². The summed E-state index contributed by atoms with van der Waals surface area (Å²) >= 11 is 0. The molecule has 2 amide bonds. The van der Waals surface area contributed by atoms with E-state index in [0.717, 1.165) is 36.8 Å². The quantitative estimate of drug-likeness (QED) is 0.0748. The molecular formula is C48H50N8O7. The van der Waals surface area contributed by atoms with Gasteiger partial charge in [-0.15, -0.1) is 0 Å². The van der Waals surface area contributed by atoms with Gasteiger partial charge in [-0.3, -0.25) is 28.3 Å². The molecule has 0 bridgehead atoms. The number of benzene rings is 4. The fraction of sp³-hybridized carbons (Fsp3) is 0.271. The highest BCUT2D eigenvalue weighted by Gasteiger charge is 2.27. The molecule has 2 aromatic heterocycles. The first-order valence-corrected chi connectivity index (χ1v) is 20.6. The van der Waals surface area contributed by atoms with Crippen LogP contribution in [0, 0.1) is 13.8 Å². The molecule has 0 aliphatic heterocycles. The maximum atomic E-state index is 13.2. The van der Waals surface area contributed by atoms with Crippen LogP contribution < -0.4 is 26.8 Å². The summed E-state index contributed by atoms with van der Waals surface area (Å²) < 4.78 is 13.7. The molecule has 0 spiro atoms. The highest BCUT2D eigenvalue weighted by molar-refractivity contribution is 6.12. The van der Waals surface area contributed by atoms with Crippen molar-refractivity contribution < 1.29 is 33.4 Å². The van der Waals surface area contributed by atoms with Crippen LogP contribution in [0.5, 0.6) is 5.75 Å². The summed E-state index contributed by atoms with van der Waals surface area (Å²) in [6, 6.07) is 24.3. The van der Waals surface area contributed by atoms with Crippen LogP contribution in [0.25, 0.3) is 11.4 Å². The molecule has 2 aliphatic carbocycles. The van der Waals surface area contributed by atoms with E-state index in [-0.39, 0.29) is 63.8 Å². The van der Waals surface area contributed by atoms with Crippen molar-refractivity contribution in [1.29, 1.82) is 0 Å². The lowest BCUT2D eigenvalue weighted by atomic mass is 10.0. The Balaban J connectivity index is 0.000000191. The van der Waals surface area contributed by atoms with Crippen molar-refractivity contribution in [3.05, 3.63) is 148 Å². The molecule has 2 heterocycles. The van der Waals surface area contributed by atoms with Gasteiger partial charge in [0.05, 0.1) is 24.0 Å². The zero-order valence-electron chi connectivity index (χ0n) is 36.0. The molecule has 0 unspecified atom stereocenters. The van der Waals surface area contributed by atoms with E-state index in [0.29, 0.717) is 33.8 Å². The zero-order valence-corrected chi connectivity index (χ0v) is 36.0. The Morgan fingerprint density at radius 2 is 1.06 bits per heavy atom. The Morgan fingerprint density at radius 3 is 1.51 bits per heavy atom. The van der Waals surface area contributed by atoms with Gasteiger partial charge >= 0.3 is 5.97 Å². The molecule has 15 nitrogen and oxygen atoms in total. The number of ether oxygens (including phenoxy) is 2. The predicted molar refractivity (Wildman–Crippen MR) is 238 cm³/mol. The molecule has 4 aromatic carbocycles. The van der Waals surface area contributed by atoms with Gasteiger partial charge in [-0.25, -0.2) is 14.8 Å². The predicted octanol–water partition coefficient (Wildman–Crippen LogP) is 6.74. The summed E-state index contributed by atoms with van der Waals surface area (Å²) in [7, 11) is 1.57. The van der Waals surface area contributed by atoms with E-state index >= 15 is 0 Å².